The first-order chi connectivity index (χ1) is 20.1. The number of aryl methyl sites for hydroxylation is 2. The van der Waals surface area contributed by atoms with Gasteiger partial charge in [0, 0.05) is 66.6 Å². The average molecular weight is 591 g/mol. The lowest BCUT2D eigenvalue weighted by Gasteiger charge is -2.34. The normalized spacial score (nSPS) is 15.3. The van der Waals surface area contributed by atoms with Gasteiger partial charge in [0.2, 0.25) is 10.9 Å². The predicted octanol–water partition coefficient (Wildman–Crippen LogP) is 6.41. The summed E-state index contributed by atoms with van der Waals surface area (Å²) in [4.78, 5) is 25.5. The van der Waals surface area contributed by atoms with Crippen molar-refractivity contribution in [1.29, 1.82) is 0 Å². The van der Waals surface area contributed by atoms with Gasteiger partial charge in [-0.2, -0.15) is 29.6 Å². The topological polar surface area (TPSA) is 58.6 Å². The van der Waals surface area contributed by atoms with E-state index < -0.39 is 17.8 Å². The SMILES string of the molecule is [C-]#[N+]c1cc2c(s1)CN(C(=O)/C=C/CN(C)C)C[C@H]2c1ccccc1-c1cn(CCc2ccccn2)nc1C(F)(F)F. The van der Waals surface area contributed by atoms with Crippen molar-refractivity contribution in [3.8, 4) is 11.1 Å². The number of aromatic nitrogens is 3. The van der Waals surface area contributed by atoms with Crippen LogP contribution < -0.4 is 0 Å². The van der Waals surface area contributed by atoms with Gasteiger partial charge in [-0.25, -0.2) is 4.85 Å². The van der Waals surface area contributed by atoms with Crippen molar-refractivity contribution in [3.05, 3.63) is 112 Å². The molecule has 1 aliphatic rings. The van der Waals surface area contributed by atoms with Gasteiger partial charge in [0.25, 0.3) is 0 Å². The number of halogens is 3. The average Bonchev–Trinajstić information content (AvgIpc) is 3.60. The maximum Gasteiger partial charge on any atom is 0.435 e. The number of hydrogen-bond donors (Lipinski definition) is 0. The Morgan fingerprint density at radius 2 is 1.95 bits per heavy atom. The Balaban J connectivity index is 1.54. The van der Waals surface area contributed by atoms with Crippen LogP contribution in [-0.2, 0) is 30.5 Å². The summed E-state index contributed by atoms with van der Waals surface area (Å²) in [5.74, 6) is -0.595. The van der Waals surface area contributed by atoms with E-state index in [-0.39, 0.29) is 24.6 Å². The summed E-state index contributed by atoms with van der Waals surface area (Å²) in [7, 11) is 3.81. The number of benzene rings is 1. The molecule has 42 heavy (non-hydrogen) atoms. The van der Waals surface area contributed by atoms with Crippen LogP contribution in [0.4, 0.5) is 18.2 Å². The summed E-state index contributed by atoms with van der Waals surface area (Å²) in [5, 5.41) is 4.44. The highest BCUT2D eigenvalue weighted by Crippen LogP contribution is 2.45. The highest BCUT2D eigenvalue weighted by atomic mass is 32.1. The van der Waals surface area contributed by atoms with Gasteiger partial charge in [-0.15, -0.1) is 0 Å². The number of carbonyl (C=O) groups is 1. The molecule has 0 spiro atoms. The predicted molar refractivity (Wildman–Crippen MR) is 156 cm³/mol. The van der Waals surface area contributed by atoms with Gasteiger partial charge < -0.3 is 9.80 Å². The van der Waals surface area contributed by atoms with Crippen LogP contribution in [0.5, 0.6) is 0 Å². The first-order valence-electron chi connectivity index (χ1n) is 13.4. The summed E-state index contributed by atoms with van der Waals surface area (Å²) in [6.07, 6.45) is 2.17. The number of carbonyl (C=O) groups excluding carboxylic acids is 1. The Morgan fingerprint density at radius 3 is 2.67 bits per heavy atom. The molecule has 11 heteroatoms. The van der Waals surface area contributed by atoms with Crippen LogP contribution in [0.3, 0.4) is 0 Å². The molecule has 7 nitrogen and oxygen atoms in total. The quantitative estimate of drug-likeness (QED) is 0.176. The van der Waals surface area contributed by atoms with Crippen molar-refractivity contribution >= 4 is 22.2 Å². The monoisotopic (exact) mass is 590 g/mol. The molecule has 216 valence electrons. The maximum atomic E-state index is 14.3. The van der Waals surface area contributed by atoms with Crippen molar-refractivity contribution in [1.82, 2.24) is 24.6 Å². The lowest BCUT2D eigenvalue weighted by Crippen LogP contribution is -2.37. The second-order valence-corrected chi connectivity index (χ2v) is 11.4. The molecule has 0 bridgehead atoms. The number of nitrogens with zero attached hydrogens (tertiary/aromatic N) is 6. The largest absolute Gasteiger partial charge is 0.435 e. The molecule has 1 aliphatic heterocycles. The molecule has 1 atom stereocenters. The van der Waals surface area contributed by atoms with Crippen molar-refractivity contribution in [2.75, 3.05) is 27.2 Å². The molecule has 0 unspecified atom stereocenters. The Labute approximate surface area is 246 Å². The number of thiophene rings is 1. The summed E-state index contributed by atoms with van der Waals surface area (Å²) in [6.45, 7) is 8.99. The minimum atomic E-state index is -4.67. The molecule has 1 amide bonds. The molecule has 4 heterocycles. The number of fused-ring (bicyclic) bond motifs is 1. The Kier molecular flexibility index (Phi) is 8.56. The third-order valence-electron chi connectivity index (χ3n) is 7.07. The molecular formula is C31H29F3N6OS. The molecule has 0 saturated heterocycles. The molecule has 3 aromatic heterocycles. The second kappa shape index (κ2) is 12.3. The van der Waals surface area contributed by atoms with E-state index in [1.54, 1.807) is 53.6 Å². The van der Waals surface area contributed by atoms with E-state index in [9.17, 15) is 18.0 Å². The van der Waals surface area contributed by atoms with Gasteiger partial charge in [-0.1, -0.05) is 36.4 Å². The minimum absolute atomic E-state index is 0.0179. The summed E-state index contributed by atoms with van der Waals surface area (Å²) in [6, 6.07) is 14.2. The van der Waals surface area contributed by atoms with E-state index in [0.29, 0.717) is 35.6 Å². The van der Waals surface area contributed by atoms with E-state index in [1.807, 2.05) is 31.1 Å². The van der Waals surface area contributed by atoms with E-state index in [2.05, 4.69) is 14.9 Å². The molecule has 4 aromatic rings. The Hall–Kier alpha value is -4.27. The first-order valence-corrected chi connectivity index (χ1v) is 14.2. The standard InChI is InChI=1S/C31H29F3N6OS/c1-35-28-17-24-25(18-39(20-27(24)42-28)29(41)12-8-15-38(2)3)22-10-4-5-11-23(22)26-19-40(37-30(26)31(32,33)34)16-13-21-9-6-7-14-36-21/h4-12,14,17,19,25H,13,15-16,18,20H2,2-3H3/b12-8+/t25-/m0/s1. The van der Waals surface area contributed by atoms with E-state index >= 15 is 0 Å². The fourth-order valence-electron chi connectivity index (χ4n) is 5.13. The van der Waals surface area contributed by atoms with Crippen LogP contribution in [0, 0.1) is 6.57 Å². The van der Waals surface area contributed by atoms with Gasteiger partial charge in [0.05, 0.1) is 13.1 Å². The molecule has 0 saturated carbocycles. The van der Waals surface area contributed by atoms with Crippen molar-refractivity contribution < 1.29 is 18.0 Å². The second-order valence-electron chi connectivity index (χ2n) is 10.3. The summed E-state index contributed by atoms with van der Waals surface area (Å²) in [5.41, 5.74) is 1.71. The zero-order valence-electron chi connectivity index (χ0n) is 23.2. The number of amides is 1. The molecule has 0 fully saturated rings. The van der Waals surface area contributed by atoms with Crippen LogP contribution in [0.25, 0.3) is 16.0 Å². The molecule has 0 radical (unpaired) electrons. The highest BCUT2D eigenvalue weighted by Gasteiger charge is 2.39. The fraction of sp³-hybridized carbons (Fsp3) is 0.290. The van der Waals surface area contributed by atoms with Crippen LogP contribution in [0.15, 0.2) is 73.1 Å². The van der Waals surface area contributed by atoms with E-state index in [1.165, 1.54) is 28.3 Å². The third kappa shape index (κ3) is 6.45. The van der Waals surface area contributed by atoms with Crippen LogP contribution in [-0.4, -0.2) is 57.7 Å². The van der Waals surface area contributed by atoms with Gasteiger partial charge >= 0.3 is 6.18 Å². The van der Waals surface area contributed by atoms with Crippen LogP contribution >= 0.6 is 11.3 Å². The number of pyridine rings is 1. The van der Waals surface area contributed by atoms with Gasteiger partial charge in [0.1, 0.15) is 0 Å². The minimum Gasteiger partial charge on any atom is -0.333 e. The van der Waals surface area contributed by atoms with Crippen molar-refractivity contribution in [3.63, 3.8) is 0 Å². The first kappa shape index (κ1) is 29.2. The lowest BCUT2D eigenvalue weighted by molar-refractivity contribution is -0.141. The smallest absolute Gasteiger partial charge is 0.333 e. The maximum absolute atomic E-state index is 14.3. The zero-order valence-corrected chi connectivity index (χ0v) is 24.0. The van der Waals surface area contributed by atoms with E-state index in [4.69, 9.17) is 6.57 Å². The third-order valence-corrected chi connectivity index (χ3v) is 8.10. The number of rotatable bonds is 8. The van der Waals surface area contributed by atoms with Crippen LogP contribution in [0.1, 0.15) is 33.3 Å². The fourth-order valence-corrected chi connectivity index (χ4v) is 6.15. The van der Waals surface area contributed by atoms with Gasteiger partial charge in [-0.3, -0.25) is 14.5 Å². The van der Waals surface area contributed by atoms with Gasteiger partial charge in [-0.05, 0) is 49.0 Å². The summed E-state index contributed by atoms with van der Waals surface area (Å²) >= 11 is 1.32. The molecule has 5 rings (SSSR count). The zero-order chi connectivity index (χ0) is 29.9. The molecule has 1 aromatic carbocycles. The van der Waals surface area contributed by atoms with Crippen molar-refractivity contribution in [2.24, 2.45) is 0 Å². The highest BCUT2D eigenvalue weighted by molar-refractivity contribution is 7.16. The lowest BCUT2D eigenvalue weighted by atomic mass is 9.84. The van der Waals surface area contributed by atoms with Crippen LogP contribution in [0.2, 0.25) is 0 Å². The van der Waals surface area contributed by atoms with Gasteiger partial charge in [0.15, 0.2) is 5.69 Å². The Bertz CT molecular complexity index is 1630. The van der Waals surface area contributed by atoms with E-state index in [0.717, 1.165) is 16.1 Å². The number of hydrogen-bond acceptors (Lipinski definition) is 5. The molecule has 0 aliphatic carbocycles. The van der Waals surface area contributed by atoms with Crippen molar-refractivity contribution in [2.45, 2.75) is 31.6 Å². The Morgan fingerprint density at radius 1 is 1.17 bits per heavy atom. The summed E-state index contributed by atoms with van der Waals surface area (Å²) < 4.78 is 44.3. The number of alkyl halides is 3. The molecule has 0 N–H and O–H groups in total. The number of likely N-dealkylation sites (N-methyl/N-ethyl adjacent to an activating group) is 1. The molecular weight excluding hydrogens is 561 g/mol.